The fraction of sp³-hybridized carbons (Fsp3) is 0.286. The molecule has 0 spiro atoms. The maximum absolute atomic E-state index is 12.6. The first-order valence-electron chi connectivity index (χ1n) is 8.99. The van der Waals surface area contributed by atoms with Gasteiger partial charge >= 0.3 is 6.18 Å². The van der Waals surface area contributed by atoms with Gasteiger partial charge in [0.25, 0.3) is 5.91 Å². The molecule has 0 fully saturated rings. The van der Waals surface area contributed by atoms with E-state index in [1.807, 2.05) is 0 Å². The highest BCUT2D eigenvalue weighted by Crippen LogP contribution is 2.29. The fourth-order valence-electron chi connectivity index (χ4n) is 3.19. The van der Waals surface area contributed by atoms with Crippen LogP contribution in [-0.2, 0) is 28.7 Å². The van der Waals surface area contributed by atoms with Crippen LogP contribution in [0, 0.1) is 0 Å². The van der Waals surface area contributed by atoms with E-state index in [1.54, 1.807) is 24.3 Å². The number of hydrogen-bond acceptors (Lipinski definition) is 3. The molecule has 0 aliphatic carbocycles. The number of benzene rings is 2. The van der Waals surface area contributed by atoms with E-state index in [0.29, 0.717) is 16.7 Å². The van der Waals surface area contributed by atoms with Crippen LogP contribution in [0.2, 0.25) is 0 Å². The SMILES string of the molecule is CN(Cc1ccc(C(F)(F)F)cc1)C(=O)CCN1C(=O)Cc2ccccc2C1=O. The largest absolute Gasteiger partial charge is 0.416 e. The van der Waals surface area contributed by atoms with Gasteiger partial charge < -0.3 is 4.90 Å². The minimum Gasteiger partial charge on any atom is -0.341 e. The van der Waals surface area contributed by atoms with Gasteiger partial charge in [-0.05, 0) is 29.3 Å². The van der Waals surface area contributed by atoms with Crippen LogP contribution >= 0.6 is 0 Å². The summed E-state index contributed by atoms with van der Waals surface area (Å²) in [6.45, 7) is 0.0872. The number of nitrogens with zero attached hydrogens (tertiary/aromatic N) is 2. The Kier molecular flexibility index (Phi) is 5.72. The van der Waals surface area contributed by atoms with Gasteiger partial charge in [0.05, 0.1) is 12.0 Å². The molecule has 3 amide bonds. The molecule has 8 heteroatoms. The van der Waals surface area contributed by atoms with Crippen LogP contribution in [0.1, 0.15) is 33.5 Å². The zero-order valence-electron chi connectivity index (χ0n) is 15.7. The van der Waals surface area contributed by atoms with E-state index in [9.17, 15) is 27.6 Å². The predicted molar refractivity (Wildman–Crippen MR) is 98.7 cm³/mol. The summed E-state index contributed by atoms with van der Waals surface area (Å²) in [6.07, 6.45) is -4.36. The van der Waals surface area contributed by atoms with E-state index < -0.39 is 17.6 Å². The summed E-state index contributed by atoms with van der Waals surface area (Å²) >= 11 is 0. The maximum Gasteiger partial charge on any atom is 0.416 e. The minimum atomic E-state index is -4.41. The molecule has 0 saturated carbocycles. The standard InChI is InChI=1S/C21H19F3N2O3/c1-25(13-14-6-8-16(9-7-14)21(22,23)24)18(27)10-11-26-19(28)12-15-4-2-3-5-17(15)20(26)29/h2-9H,10-13H2,1H3. The van der Waals surface area contributed by atoms with Crippen molar-refractivity contribution in [2.24, 2.45) is 0 Å². The maximum atomic E-state index is 12.6. The van der Waals surface area contributed by atoms with Gasteiger partial charge in [-0.3, -0.25) is 19.3 Å². The second-order valence-corrected chi connectivity index (χ2v) is 6.88. The van der Waals surface area contributed by atoms with E-state index in [-0.39, 0.29) is 37.7 Å². The molecule has 1 aliphatic rings. The first-order valence-corrected chi connectivity index (χ1v) is 8.99. The van der Waals surface area contributed by atoms with Crippen molar-refractivity contribution in [3.05, 3.63) is 70.8 Å². The number of carbonyl (C=O) groups is 3. The van der Waals surface area contributed by atoms with Crippen molar-refractivity contribution in [2.45, 2.75) is 25.6 Å². The number of alkyl halides is 3. The van der Waals surface area contributed by atoms with E-state index in [2.05, 4.69) is 0 Å². The molecule has 0 N–H and O–H groups in total. The minimum absolute atomic E-state index is 0.0395. The molecule has 5 nitrogen and oxygen atoms in total. The molecule has 2 aromatic carbocycles. The van der Waals surface area contributed by atoms with Crippen molar-refractivity contribution in [1.82, 2.24) is 9.80 Å². The molecule has 3 rings (SSSR count). The van der Waals surface area contributed by atoms with Gasteiger partial charge in [0, 0.05) is 32.1 Å². The molecule has 152 valence electrons. The molecular weight excluding hydrogens is 385 g/mol. The van der Waals surface area contributed by atoms with Crippen LogP contribution in [-0.4, -0.2) is 41.1 Å². The van der Waals surface area contributed by atoms with Crippen molar-refractivity contribution in [2.75, 3.05) is 13.6 Å². The second-order valence-electron chi connectivity index (χ2n) is 6.88. The van der Waals surface area contributed by atoms with Gasteiger partial charge in [0.2, 0.25) is 11.8 Å². The first-order chi connectivity index (χ1) is 13.7. The number of hydrogen-bond donors (Lipinski definition) is 0. The third kappa shape index (κ3) is 4.64. The molecule has 1 aliphatic heterocycles. The number of carbonyl (C=O) groups excluding carboxylic acids is 3. The summed E-state index contributed by atoms with van der Waals surface area (Å²) in [5, 5.41) is 0. The Balaban J connectivity index is 1.58. The normalized spacial score (nSPS) is 14.0. The molecule has 29 heavy (non-hydrogen) atoms. The van der Waals surface area contributed by atoms with Crippen LogP contribution in [0.25, 0.3) is 0 Å². The fourth-order valence-corrected chi connectivity index (χ4v) is 3.19. The van der Waals surface area contributed by atoms with Crippen LogP contribution in [0.5, 0.6) is 0 Å². The van der Waals surface area contributed by atoms with E-state index in [1.165, 1.54) is 24.1 Å². The van der Waals surface area contributed by atoms with E-state index in [0.717, 1.165) is 17.0 Å². The first kappa shape index (κ1) is 20.6. The summed E-state index contributed by atoms with van der Waals surface area (Å²) in [5.41, 5.74) is 0.924. The molecule has 0 atom stereocenters. The average Bonchev–Trinajstić information content (AvgIpc) is 2.67. The lowest BCUT2D eigenvalue weighted by Gasteiger charge is -2.27. The Morgan fingerprint density at radius 1 is 1.07 bits per heavy atom. The number of imide groups is 1. The highest BCUT2D eigenvalue weighted by atomic mass is 19.4. The number of amides is 3. The zero-order valence-corrected chi connectivity index (χ0v) is 15.7. The molecule has 1 heterocycles. The Morgan fingerprint density at radius 3 is 2.38 bits per heavy atom. The molecule has 0 saturated heterocycles. The van der Waals surface area contributed by atoms with Gasteiger partial charge in [-0.25, -0.2) is 0 Å². The molecule has 0 radical (unpaired) electrons. The monoisotopic (exact) mass is 404 g/mol. The number of fused-ring (bicyclic) bond motifs is 1. The van der Waals surface area contributed by atoms with Gasteiger partial charge in [-0.2, -0.15) is 13.2 Å². The molecular formula is C21H19F3N2O3. The molecule has 0 bridgehead atoms. The number of rotatable bonds is 5. The summed E-state index contributed by atoms with van der Waals surface area (Å²) in [7, 11) is 1.52. The van der Waals surface area contributed by atoms with Crippen LogP contribution in [0.3, 0.4) is 0 Å². The Morgan fingerprint density at radius 2 is 1.72 bits per heavy atom. The zero-order chi connectivity index (χ0) is 21.2. The lowest BCUT2D eigenvalue weighted by atomic mass is 9.98. The second kappa shape index (κ2) is 8.06. The molecule has 0 unspecified atom stereocenters. The van der Waals surface area contributed by atoms with Crippen LogP contribution in [0.4, 0.5) is 13.2 Å². The Hall–Kier alpha value is -3.16. The van der Waals surface area contributed by atoms with Crippen molar-refractivity contribution in [3.8, 4) is 0 Å². The molecule has 2 aromatic rings. The summed E-state index contributed by atoms with van der Waals surface area (Å²) in [6, 6.07) is 11.4. The van der Waals surface area contributed by atoms with Crippen molar-refractivity contribution >= 4 is 17.7 Å². The van der Waals surface area contributed by atoms with Crippen LogP contribution in [0.15, 0.2) is 48.5 Å². The van der Waals surface area contributed by atoms with Gasteiger partial charge in [-0.15, -0.1) is 0 Å². The lowest BCUT2D eigenvalue weighted by Crippen LogP contribution is -2.44. The van der Waals surface area contributed by atoms with Crippen molar-refractivity contribution < 1.29 is 27.6 Å². The smallest absolute Gasteiger partial charge is 0.341 e. The quantitative estimate of drug-likeness (QED) is 0.719. The Bertz CT molecular complexity index is 939. The summed E-state index contributed by atoms with van der Waals surface area (Å²) in [5.74, 6) is -1.09. The third-order valence-corrected chi connectivity index (χ3v) is 4.81. The summed E-state index contributed by atoms with van der Waals surface area (Å²) in [4.78, 5) is 39.5. The highest BCUT2D eigenvalue weighted by molar-refractivity contribution is 6.09. The van der Waals surface area contributed by atoms with E-state index in [4.69, 9.17) is 0 Å². The number of halogens is 3. The van der Waals surface area contributed by atoms with Gasteiger partial charge in [0.1, 0.15) is 0 Å². The highest BCUT2D eigenvalue weighted by Gasteiger charge is 2.31. The van der Waals surface area contributed by atoms with Gasteiger partial charge in [0.15, 0.2) is 0 Å². The van der Waals surface area contributed by atoms with Gasteiger partial charge in [-0.1, -0.05) is 30.3 Å². The third-order valence-electron chi connectivity index (χ3n) is 4.81. The molecule has 0 aromatic heterocycles. The Labute approximate surface area is 165 Å². The lowest BCUT2D eigenvalue weighted by molar-refractivity contribution is -0.138. The van der Waals surface area contributed by atoms with E-state index >= 15 is 0 Å². The summed E-state index contributed by atoms with van der Waals surface area (Å²) < 4.78 is 37.9. The van der Waals surface area contributed by atoms with Crippen LogP contribution < -0.4 is 0 Å². The van der Waals surface area contributed by atoms with Crippen molar-refractivity contribution in [1.29, 1.82) is 0 Å². The van der Waals surface area contributed by atoms with Crippen molar-refractivity contribution in [3.63, 3.8) is 0 Å². The predicted octanol–water partition coefficient (Wildman–Crippen LogP) is 3.28. The average molecular weight is 404 g/mol. The topological polar surface area (TPSA) is 57.7 Å².